The highest BCUT2D eigenvalue weighted by Gasteiger charge is 2.12. The van der Waals surface area contributed by atoms with E-state index in [0.29, 0.717) is 11.3 Å². The maximum absolute atomic E-state index is 11.8. The maximum Gasteiger partial charge on any atom is 0.248 e. The highest BCUT2D eigenvalue weighted by molar-refractivity contribution is 7.89. The summed E-state index contributed by atoms with van der Waals surface area (Å²) in [6, 6.07) is 8.35. The second-order valence-corrected chi connectivity index (χ2v) is 6.87. The first-order chi connectivity index (χ1) is 9.86. The highest BCUT2D eigenvalue weighted by atomic mass is 32.2. The van der Waals surface area contributed by atoms with Crippen LogP contribution in [0.3, 0.4) is 0 Å². The summed E-state index contributed by atoms with van der Waals surface area (Å²) < 4.78 is 22.9. The van der Waals surface area contributed by atoms with Gasteiger partial charge in [-0.3, -0.25) is 4.79 Å². The Balaban J connectivity index is 2.15. The average Bonchev–Trinajstić information content (AvgIpc) is 2.90. The van der Waals surface area contributed by atoms with Crippen molar-refractivity contribution in [2.24, 2.45) is 5.14 Å². The molecule has 0 bridgehead atoms. The van der Waals surface area contributed by atoms with Crippen LogP contribution in [0.5, 0.6) is 0 Å². The molecule has 110 valence electrons. The molecule has 1 heterocycles. The van der Waals surface area contributed by atoms with Crippen molar-refractivity contribution in [3.05, 3.63) is 52.2 Å². The zero-order chi connectivity index (χ0) is 15.5. The number of benzene rings is 1. The molecule has 0 atom stereocenters. The van der Waals surface area contributed by atoms with Gasteiger partial charge in [0.15, 0.2) is 0 Å². The van der Waals surface area contributed by atoms with E-state index >= 15 is 0 Å². The summed E-state index contributed by atoms with van der Waals surface area (Å²) in [5.41, 5.74) is 0.912. The summed E-state index contributed by atoms with van der Waals surface area (Å²) in [5.74, 6) is -0.340. The number of hydrogen-bond donors (Lipinski definition) is 2. The second-order valence-electron chi connectivity index (χ2n) is 4.36. The number of primary sulfonamides is 1. The van der Waals surface area contributed by atoms with E-state index in [4.69, 9.17) is 5.14 Å². The lowest BCUT2D eigenvalue weighted by molar-refractivity contribution is -0.111. The number of aryl methyl sites for hydroxylation is 1. The number of sulfonamides is 1. The number of carbonyl (C=O) groups excluding carboxylic acids is 1. The van der Waals surface area contributed by atoms with Crippen LogP contribution in [0.4, 0.5) is 5.69 Å². The van der Waals surface area contributed by atoms with E-state index in [-0.39, 0.29) is 10.8 Å². The monoisotopic (exact) mass is 322 g/mol. The Morgan fingerprint density at radius 1 is 1.33 bits per heavy atom. The van der Waals surface area contributed by atoms with Gasteiger partial charge in [0, 0.05) is 16.6 Å². The molecule has 0 radical (unpaired) electrons. The summed E-state index contributed by atoms with van der Waals surface area (Å²) in [5, 5.41) is 9.64. The molecule has 5 nitrogen and oxygen atoms in total. The summed E-state index contributed by atoms with van der Waals surface area (Å²) >= 11 is 1.52. The van der Waals surface area contributed by atoms with Crippen LogP contribution in [0.1, 0.15) is 10.4 Å². The third-order valence-corrected chi connectivity index (χ3v) is 4.59. The molecule has 0 aliphatic heterocycles. The summed E-state index contributed by atoms with van der Waals surface area (Å²) in [4.78, 5) is 12.7. The largest absolute Gasteiger partial charge is 0.322 e. The van der Waals surface area contributed by atoms with Crippen LogP contribution in [0.25, 0.3) is 6.08 Å². The number of hydrogen-bond acceptors (Lipinski definition) is 4. The average molecular weight is 322 g/mol. The number of anilines is 1. The van der Waals surface area contributed by atoms with Gasteiger partial charge >= 0.3 is 0 Å². The Morgan fingerprint density at radius 2 is 2.10 bits per heavy atom. The van der Waals surface area contributed by atoms with Gasteiger partial charge in [-0.05, 0) is 42.1 Å². The number of carbonyl (C=O) groups is 1. The van der Waals surface area contributed by atoms with Crippen LogP contribution in [0.15, 0.2) is 46.7 Å². The summed E-state index contributed by atoms with van der Waals surface area (Å²) in [6.45, 7) is 1.64. The summed E-state index contributed by atoms with van der Waals surface area (Å²) in [6.07, 6.45) is 3.08. The Morgan fingerprint density at radius 3 is 2.71 bits per heavy atom. The van der Waals surface area contributed by atoms with Crippen LogP contribution in [-0.2, 0) is 14.8 Å². The molecule has 0 fully saturated rings. The lowest BCUT2D eigenvalue weighted by atomic mass is 10.2. The molecule has 1 aromatic carbocycles. The SMILES string of the molecule is Cc1ccc(NC(=O)/C=C/c2cccs2)cc1S(N)(=O)=O. The minimum Gasteiger partial charge on any atom is -0.322 e. The van der Waals surface area contributed by atoms with Crippen molar-refractivity contribution in [3.63, 3.8) is 0 Å². The molecule has 2 aromatic rings. The van der Waals surface area contributed by atoms with E-state index in [2.05, 4.69) is 5.32 Å². The molecule has 21 heavy (non-hydrogen) atoms. The predicted molar refractivity (Wildman–Crippen MR) is 84.5 cm³/mol. The van der Waals surface area contributed by atoms with Crippen LogP contribution in [0.2, 0.25) is 0 Å². The summed E-state index contributed by atoms with van der Waals surface area (Å²) in [7, 11) is -3.81. The molecular formula is C14H14N2O3S2. The van der Waals surface area contributed by atoms with E-state index in [9.17, 15) is 13.2 Å². The first kappa shape index (κ1) is 15.4. The number of nitrogens with one attached hydrogen (secondary N) is 1. The van der Waals surface area contributed by atoms with E-state index in [0.717, 1.165) is 4.88 Å². The number of thiophene rings is 1. The van der Waals surface area contributed by atoms with Crippen LogP contribution >= 0.6 is 11.3 Å². The van der Waals surface area contributed by atoms with Crippen LogP contribution in [0, 0.1) is 6.92 Å². The van der Waals surface area contributed by atoms with Gasteiger partial charge in [-0.25, -0.2) is 13.6 Å². The molecule has 0 aliphatic rings. The molecule has 0 saturated carbocycles. The van der Waals surface area contributed by atoms with Crippen molar-refractivity contribution in [3.8, 4) is 0 Å². The minimum atomic E-state index is -3.81. The van der Waals surface area contributed by atoms with E-state index in [1.165, 1.54) is 23.5 Å². The van der Waals surface area contributed by atoms with Gasteiger partial charge in [0.25, 0.3) is 0 Å². The van der Waals surface area contributed by atoms with E-state index in [1.54, 1.807) is 25.1 Å². The van der Waals surface area contributed by atoms with Crippen LogP contribution < -0.4 is 10.5 Å². The lowest BCUT2D eigenvalue weighted by Crippen LogP contribution is -2.15. The van der Waals surface area contributed by atoms with Crippen molar-refractivity contribution in [1.82, 2.24) is 0 Å². The van der Waals surface area contributed by atoms with Gasteiger partial charge in [0.1, 0.15) is 0 Å². The number of nitrogens with two attached hydrogens (primary N) is 1. The fourth-order valence-corrected chi connectivity index (χ4v) is 3.14. The van der Waals surface area contributed by atoms with E-state index < -0.39 is 10.0 Å². The fraction of sp³-hybridized carbons (Fsp3) is 0.0714. The van der Waals surface area contributed by atoms with Crippen molar-refractivity contribution < 1.29 is 13.2 Å². The van der Waals surface area contributed by atoms with Gasteiger partial charge < -0.3 is 5.32 Å². The molecule has 0 aliphatic carbocycles. The van der Waals surface area contributed by atoms with Crippen molar-refractivity contribution >= 4 is 39.0 Å². The topological polar surface area (TPSA) is 89.3 Å². The zero-order valence-corrected chi connectivity index (χ0v) is 12.9. The molecule has 2 rings (SSSR count). The molecule has 0 unspecified atom stereocenters. The third kappa shape index (κ3) is 4.25. The molecule has 7 heteroatoms. The van der Waals surface area contributed by atoms with Gasteiger partial charge in [-0.15, -0.1) is 11.3 Å². The fourth-order valence-electron chi connectivity index (χ4n) is 1.71. The second kappa shape index (κ2) is 6.21. The normalized spacial score (nSPS) is 11.7. The van der Waals surface area contributed by atoms with E-state index in [1.807, 2.05) is 17.5 Å². The third-order valence-electron chi connectivity index (χ3n) is 2.70. The molecule has 0 saturated heterocycles. The quantitative estimate of drug-likeness (QED) is 0.847. The molecule has 3 N–H and O–H groups in total. The van der Waals surface area contributed by atoms with Crippen LogP contribution in [-0.4, -0.2) is 14.3 Å². The van der Waals surface area contributed by atoms with Crippen molar-refractivity contribution in [2.75, 3.05) is 5.32 Å². The molecule has 1 aromatic heterocycles. The Hall–Kier alpha value is -1.96. The van der Waals surface area contributed by atoms with Crippen molar-refractivity contribution in [2.45, 2.75) is 11.8 Å². The maximum atomic E-state index is 11.8. The minimum absolute atomic E-state index is 0.00235. The first-order valence-corrected chi connectivity index (χ1v) is 8.45. The smallest absolute Gasteiger partial charge is 0.248 e. The number of rotatable bonds is 4. The van der Waals surface area contributed by atoms with Crippen molar-refractivity contribution in [1.29, 1.82) is 0 Å². The molecular weight excluding hydrogens is 308 g/mol. The molecule has 0 spiro atoms. The highest BCUT2D eigenvalue weighted by Crippen LogP contribution is 2.19. The molecule has 1 amide bonds. The lowest BCUT2D eigenvalue weighted by Gasteiger charge is -2.07. The van der Waals surface area contributed by atoms with Gasteiger partial charge in [0.2, 0.25) is 15.9 Å². The predicted octanol–water partition coefficient (Wildman–Crippen LogP) is 2.36. The first-order valence-electron chi connectivity index (χ1n) is 6.02. The number of amides is 1. The van der Waals surface area contributed by atoms with Gasteiger partial charge in [-0.2, -0.15) is 0 Å². The Bertz CT molecular complexity index is 779. The Labute approximate surface area is 127 Å². The van der Waals surface area contributed by atoms with Gasteiger partial charge in [-0.1, -0.05) is 12.1 Å². The zero-order valence-electron chi connectivity index (χ0n) is 11.2. The Kier molecular flexibility index (Phi) is 4.56. The van der Waals surface area contributed by atoms with Gasteiger partial charge in [0.05, 0.1) is 4.90 Å². The standard InChI is InChI=1S/C14H14N2O3S2/c1-10-4-5-11(9-13(10)21(15,18)19)16-14(17)7-6-12-3-2-8-20-12/h2-9H,1H3,(H,16,17)(H2,15,18,19)/b7-6+.